The minimum atomic E-state index is -0.449. The van der Waals surface area contributed by atoms with E-state index in [4.69, 9.17) is 4.74 Å². The van der Waals surface area contributed by atoms with Crippen LogP contribution in [0.2, 0.25) is 0 Å². The summed E-state index contributed by atoms with van der Waals surface area (Å²) >= 11 is 0. The molecule has 0 saturated heterocycles. The standard InChI is InChI=1S/C16H17NO2.C15H20O2.C2H2/c1-3-17(13-7-5-4-6-8-13)16(19)15-10-9-14(18)11-12(15)2;1-15(2,3)14(16)17-13-9-8-11-6-4-5-7-12(11)10-13;1-2/h4-11,18H,3H2,1-2H3;8-10H,4-7H2,1-3H3;1-2H. The molecule has 1 aliphatic carbocycles. The van der Waals surface area contributed by atoms with Crippen LogP contribution in [0.5, 0.6) is 11.5 Å². The highest BCUT2D eigenvalue weighted by Crippen LogP contribution is 2.27. The van der Waals surface area contributed by atoms with Crippen molar-refractivity contribution in [3.8, 4) is 24.3 Å². The fraction of sp³-hybridized carbons (Fsp3) is 0.333. The third-order valence-electron chi connectivity index (χ3n) is 6.21. The molecule has 3 aromatic rings. The van der Waals surface area contributed by atoms with Crippen LogP contribution in [0.15, 0.2) is 66.7 Å². The van der Waals surface area contributed by atoms with E-state index >= 15 is 0 Å². The molecule has 5 nitrogen and oxygen atoms in total. The highest BCUT2D eigenvalue weighted by Gasteiger charge is 2.24. The van der Waals surface area contributed by atoms with Gasteiger partial charge in [-0.25, -0.2) is 0 Å². The molecule has 0 heterocycles. The first-order valence-electron chi connectivity index (χ1n) is 12.9. The number of aromatic hydroxyl groups is 1. The normalized spacial score (nSPS) is 12.0. The zero-order chi connectivity index (χ0) is 28.3. The van der Waals surface area contributed by atoms with Crippen LogP contribution < -0.4 is 9.64 Å². The van der Waals surface area contributed by atoms with Crippen molar-refractivity contribution in [3.63, 3.8) is 0 Å². The zero-order valence-corrected chi connectivity index (χ0v) is 23.2. The lowest BCUT2D eigenvalue weighted by molar-refractivity contribution is -0.143. The van der Waals surface area contributed by atoms with Gasteiger partial charge in [-0.15, -0.1) is 12.8 Å². The number of nitrogens with zero attached hydrogens (tertiary/aromatic N) is 1. The Kier molecular flexibility index (Phi) is 11.2. The van der Waals surface area contributed by atoms with E-state index in [1.165, 1.54) is 24.0 Å². The Balaban J connectivity index is 0.000000252. The number of anilines is 1. The molecule has 3 aromatic carbocycles. The smallest absolute Gasteiger partial charge is 0.316 e. The van der Waals surface area contributed by atoms with E-state index in [9.17, 15) is 14.7 Å². The van der Waals surface area contributed by atoms with E-state index in [-0.39, 0.29) is 17.6 Å². The summed E-state index contributed by atoms with van der Waals surface area (Å²) < 4.78 is 5.41. The van der Waals surface area contributed by atoms with Gasteiger partial charge in [0.15, 0.2) is 0 Å². The lowest BCUT2D eigenvalue weighted by Crippen LogP contribution is -2.31. The number of hydrogen-bond donors (Lipinski definition) is 1. The van der Waals surface area contributed by atoms with Gasteiger partial charge in [0.25, 0.3) is 5.91 Å². The van der Waals surface area contributed by atoms with E-state index in [0.29, 0.717) is 17.9 Å². The molecule has 1 N–H and O–H groups in total. The summed E-state index contributed by atoms with van der Waals surface area (Å²) in [4.78, 5) is 26.1. The molecule has 5 heteroatoms. The average Bonchev–Trinajstić information content (AvgIpc) is 2.90. The van der Waals surface area contributed by atoms with E-state index in [1.807, 2.05) is 77.1 Å². The van der Waals surface area contributed by atoms with Gasteiger partial charge >= 0.3 is 5.97 Å². The number of carbonyl (C=O) groups is 2. The van der Waals surface area contributed by atoms with Crippen LogP contribution in [-0.2, 0) is 17.6 Å². The summed E-state index contributed by atoms with van der Waals surface area (Å²) in [5.41, 5.74) is 4.57. The first-order valence-corrected chi connectivity index (χ1v) is 12.9. The van der Waals surface area contributed by atoms with Crippen molar-refractivity contribution in [2.24, 2.45) is 5.41 Å². The van der Waals surface area contributed by atoms with Crippen LogP contribution >= 0.6 is 0 Å². The maximum atomic E-state index is 12.6. The van der Waals surface area contributed by atoms with E-state index in [1.54, 1.807) is 23.1 Å². The van der Waals surface area contributed by atoms with Crippen molar-refractivity contribution < 1.29 is 19.4 Å². The fourth-order valence-electron chi connectivity index (χ4n) is 4.12. The van der Waals surface area contributed by atoms with Crippen LogP contribution in [-0.4, -0.2) is 23.5 Å². The van der Waals surface area contributed by atoms with Crippen LogP contribution in [0.3, 0.4) is 0 Å². The van der Waals surface area contributed by atoms with Gasteiger partial charge in [-0.3, -0.25) is 9.59 Å². The second-order valence-electron chi connectivity index (χ2n) is 10.2. The largest absolute Gasteiger partial charge is 0.508 e. The van der Waals surface area contributed by atoms with Crippen LogP contribution in [0.25, 0.3) is 0 Å². The van der Waals surface area contributed by atoms with E-state index in [2.05, 4.69) is 18.9 Å². The predicted molar refractivity (Wildman–Crippen MR) is 155 cm³/mol. The molecule has 0 unspecified atom stereocenters. The Labute approximate surface area is 227 Å². The number of fused-ring (bicyclic) bond motifs is 1. The van der Waals surface area contributed by atoms with Crippen molar-refractivity contribution in [2.45, 2.75) is 60.3 Å². The Hall–Kier alpha value is -4.04. The zero-order valence-electron chi connectivity index (χ0n) is 23.2. The topological polar surface area (TPSA) is 66.8 Å². The maximum Gasteiger partial charge on any atom is 0.316 e. The Bertz CT molecular complexity index is 1240. The number of phenolic OH excluding ortho intramolecular Hbond substituents is 1. The number of para-hydroxylation sites is 1. The van der Waals surface area contributed by atoms with Crippen molar-refractivity contribution in [1.29, 1.82) is 0 Å². The molecule has 200 valence electrons. The van der Waals surface area contributed by atoms with Crippen molar-refractivity contribution in [3.05, 3.63) is 89.0 Å². The number of ether oxygens (including phenoxy) is 1. The molecule has 0 aromatic heterocycles. The van der Waals surface area contributed by atoms with Crippen LogP contribution in [0, 0.1) is 25.2 Å². The molecule has 1 amide bonds. The molecule has 0 saturated carbocycles. The van der Waals surface area contributed by atoms with Crippen molar-refractivity contribution in [1.82, 2.24) is 0 Å². The Morgan fingerprint density at radius 1 is 0.921 bits per heavy atom. The maximum absolute atomic E-state index is 12.6. The lowest BCUT2D eigenvalue weighted by atomic mass is 9.91. The number of benzene rings is 3. The number of hydrogen-bond acceptors (Lipinski definition) is 4. The van der Waals surface area contributed by atoms with Gasteiger partial charge < -0.3 is 14.7 Å². The summed E-state index contributed by atoms with van der Waals surface area (Å²) in [6.45, 7) is 9.98. The molecule has 38 heavy (non-hydrogen) atoms. The quantitative estimate of drug-likeness (QED) is 0.229. The summed E-state index contributed by atoms with van der Waals surface area (Å²) in [5.74, 6) is 0.641. The van der Waals surface area contributed by atoms with Crippen LogP contribution in [0.1, 0.15) is 67.6 Å². The second-order valence-corrected chi connectivity index (χ2v) is 10.2. The van der Waals surface area contributed by atoms with Gasteiger partial charge in [0.2, 0.25) is 0 Å². The van der Waals surface area contributed by atoms with Gasteiger partial charge in [0.1, 0.15) is 11.5 Å². The third-order valence-corrected chi connectivity index (χ3v) is 6.21. The average molecular weight is 514 g/mol. The predicted octanol–water partition coefficient (Wildman–Crippen LogP) is 7.13. The summed E-state index contributed by atoms with van der Waals surface area (Å²) in [6.07, 6.45) is 12.8. The lowest BCUT2D eigenvalue weighted by Gasteiger charge is -2.22. The molecule has 1 aliphatic rings. The minimum absolute atomic E-state index is 0.0498. The highest BCUT2D eigenvalue weighted by atomic mass is 16.5. The number of esters is 1. The molecule has 4 rings (SSSR count). The molecular formula is C33H39NO4. The molecule has 0 radical (unpaired) electrons. The van der Waals surface area contributed by atoms with Gasteiger partial charge in [-0.05, 0) is 119 Å². The molecule has 0 bridgehead atoms. The number of phenols is 1. The molecule has 0 atom stereocenters. The van der Waals surface area contributed by atoms with Gasteiger partial charge in [0, 0.05) is 17.8 Å². The van der Waals surface area contributed by atoms with Crippen molar-refractivity contribution in [2.75, 3.05) is 11.4 Å². The summed E-state index contributed by atoms with van der Waals surface area (Å²) in [5, 5.41) is 9.41. The monoisotopic (exact) mass is 513 g/mol. The molecule has 0 spiro atoms. The number of rotatable bonds is 4. The third kappa shape index (κ3) is 8.24. The van der Waals surface area contributed by atoms with E-state index in [0.717, 1.165) is 24.1 Å². The second kappa shape index (κ2) is 14.0. The number of carbonyl (C=O) groups excluding carboxylic acids is 2. The highest BCUT2D eigenvalue weighted by molar-refractivity contribution is 6.07. The number of aryl methyl sites for hydroxylation is 3. The van der Waals surface area contributed by atoms with Gasteiger partial charge in [0.05, 0.1) is 5.41 Å². The Morgan fingerprint density at radius 2 is 1.55 bits per heavy atom. The van der Waals surface area contributed by atoms with Gasteiger partial charge in [-0.1, -0.05) is 24.3 Å². The SMILES string of the molecule is C#C.CC(C)(C)C(=O)Oc1ccc2c(c1)CCCC2.CCN(C(=O)c1ccc(O)cc1C)c1ccccc1. The molecule has 0 fully saturated rings. The first-order chi connectivity index (χ1) is 18.1. The number of terminal acetylenes is 1. The first kappa shape index (κ1) is 30.2. The van der Waals surface area contributed by atoms with Crippen molar-refractivity contribution >= 4 is 17.6 Å². The van der Waals surface area contributed by atoms with E-state index < -0.39 is 5.41 Å². The van der Waals surface area contributed by atoms with Gasteiger partial charge in [-0.2, -0.15) is 0 Å². The number of amides is 1. The molecular weight excluding hydrogens is 474 g/mol. The summed E-state index contributed by atoms with van der Waals surface area (Å²) in [6, 6.07) is 20.4. The summed E-state index contributed by atoms with van der Waals surface area (Å²) in [7, 11) is 0. The Morgan fingerprint density at radius 3 is 2.13 bits per heavy atom. The molecule has 0 aliphatic heterocycles. The van der Waals surface area contributed by atoms with Crippen LogP contribution in [0.4, 0.5) is 5.69 Å². The fourth-order valence-corrected chi connectivity index (χ4v) is 4.12. The minimum Gasteiger partial charge on any atom is -0.508 e.